The van der Waals surface area contributed by atoms with Gasteiger partial charge in [-0.05, 0) is 34.0 Å². The van der Waals surface area contributed by atoms with Crippen molar-refractivity contribution >= 4 is 15.9 Å². The van der Waals surface area contributed by atoms with Crippen molar-refractivity contribution in [1.29, 1.82) is 0 Å². The van der Waals surface area contributed by atoms with Crippen LogP contribution in [0.5, 0.6) is 0 Å². The SMILES string of the molecule is C=CCC(O)Cc1cncc(Br)c1. The van der Waals surface area contributed by atoms with Gasteiger partial charge in [0.2, 0.25) is 0 Å². The van der Waals surface area contributed by atoms with E-state index in [0.717, 1.165) is 10.0 Å². The molecule has 3 heteroatoms. The lowest BCUT2D eigenvalue weighted by molar-refractivity contribution is 0.178. The molecule has 0 aromatic carbocycles. The molecule has 0 saturated heterocycles. The number of nitrogens with zero attached hydrogens (tertiary/aromatic N) is 1. The number of hydrogen-bond donors (Lipinski definition) is 1. The molecule has 1 rings (SSSR count). The normalized spacial score (nSPS) is 12.5. The number of aliphatic hydroxyl groups excluding tert-OH is 1. The highest BCUT2D eigenvalue weighted by Crippen LogP contribution is 2.12. The highest BCUT2D eigenvalue weighted by molar-refractivity contribution is 9.10. The Morgan fingerprint density at radius 1 is 1.62 bits per heavy atom. The van der Waals surface area contributed by atoms with Crippen molar-refractivity contribution in [2.75, 3.05) is 0 Å². The lowest BCUT2D eigenvalue weighted by atomic mass is 10.1. The van der Waals surface area contributed by atoms with E-state index in [1.165, 1.54) is 0 Å². The number of hydrogen-bond acceptors (Lipinski definition) is 2. The fourth-order valence-corrected chi connectivity index (χ4v) is 1.53. The zero-order valence-corrected chi connectivity index (χ0v) is 8.87. The Bertz CT molecular complexity index is 288. The number of halogens is 1. The summed E-state index contributed by atoms with van der Waals surface area (Å²) < 4.78 is 0.941. The first-order chi connectivity index (χ1) is 6.22. The first-order valence-electron chi connectivity index (χ1n) is 4.10. The topological polar surface area (TPSA) is 33.1 Å². The Kier molecular flexibility index (Phi) is 4.12. The summed E-state index contributed by atoms with van der Waals surface area (Å²) in [7, 11) is 0. The summed E-state index contributed by atoms with van der Waals surface area (Å²) in [5.41, 5.74) is 1.03. The molecule has 0 aliphatic carbocycles. The van der Waals surface area contributed by atoms with Crippen LogP contribution < -0.4 is 0 Å². The molecule has 0 radical (unpaired) electrons. The quantitative estimate of drug-likeness (QED) is 0.822. The summed E-state index contributed by atoms with van der Waals surface area (Å²) in [6.07, 6.45) is 6.09. The van der Waals surface area contributed by atoms with E-state index in [2.05, 4.69) is 27.5 Å². The van der Waals surface area contributed by atoms with Crippen LogP contribution in [-0.4, -0.2) is 16.2 Å². The Balaban J connectivity index is 2.58. The van der Waals surface area contributed by atoms with Gasteiger partial charge in [-0.25, -0.2) is 0 Å². The Morgan fingerprint density at radius 2 is 2.38 bits per heavy atom. The minimum Gasteiger partial charge on any atom is -0.392 e. The maximum absolute atomic E-state index is 9.48. The van der Waals surface area contributed by atoms with E-state index in [4.69, 9.17) is 0 Å². The van der Waals surface area contributed by atoms with Crippen molar-refractivity contribution in [3.63, 3.8) is 0 Å². The van der Waals surface area contributed by atoms with Crippen molar-refractivity contribution < 1.29 is 5.11 Å². The van der Waals surface area contributed by atoms with E-state index in [1.54, 1.807) is 18.5 Å². The average Bonchev–Trinajstić information content (AvgIpc) is 2.04. The maximum Gasteiger partial charge on any atom is 0.0615 e. The average molecular weight is 242 g/mol. The molecule has 1 aromatic rings. The van der Waals surface area contributed by atoms with Crippen molar-refractivity contribution in [3.05, 3.63) is 41.2 Å². The first-order valence-corrected chi connectivity index (χ1v) is 4.90. The van der Waals surface area contributed by atoms with Crippen molar-refractivity contribution in [3.8, 4) is 0 Å². The van der Waals surface area contributed by atoms with Gasteiger partial charge >= 0.3 is 0 Å². The van der Waals surface area contributed by atoms with Crippen LogP contribution in [0.4, 0.5) is 0 Å². The van der Waals surface area contributed by atoms with Gasteiger partial charge in [0.05, 0.1) is 6.10 Å². The highest BCUT2D eigenvalue weighted by atomic mass is 79.9. The number of aliphatic hydroxyl groups is 1. The monoisotopic (exact) mass is 241 g/mol. The molecule has 0 amide bonds. The fraction of sp³-hybridized carbons (Fsp3) is 0.300. The van der Waals surface area contributed by atoms with Gasteiger partial charge in [-0.3, -0.25) is 4.98 Å². The lowest BCUT2D eigenvalue weighted by Crippen LogP contribution is -2.08. The van der Waals surface area contributed by atoms with Gasteiger partial charge in [-0.2, -0.15) is 0 Å². The Labute approximate surface area is 86.4 Å². The van der Waals surface area contributed by atoms with E-state index in [0.29, 0.717) is 12.8 Å². The highest BCUT2D eigenvalue weighted by Gasteiger charge is 2.03. The van der Waals surface area contributed by atoms with Crippen LogP contribution in [0.25, 0.3) is 0 Å². The zero-order chi connectivity index (χ0) is 9.68. The van der Waals surface area contributed by atoms with Crippen molar-refractivity contribution in [2.24, 2.45) is 0 Å². The third-order valence-corrected chi connectivity index (χ3v) is 2.11. The van der Waals surface area contributed by atoms with Crippen LogP contribution in [0.2, 0.25) is 0 Å². The molecule has 0 fully saturated rings. The van der Waals surface area contributed by atoms with E-state index >= 15 is 0 Å². The number of rotatable bonds is 4. The van der Waals surface area contributed by atoms with Crippen LogP contribution in [0.15, 0.2) is 35.6 Å². The second-order valence-corrected chi connectivity index (χ2v) is 3.81. The minimum absolute atomic E-state index is 0.353. The standard InChI is InChI=1S/C10H12BrNO/c1-2-3-10(13)5-8-4-9(11)7-12-6-8/h2,4,6-7,10,13H,1,3,5H2. The molecule has 70 valence electrons. The van der Waals surface area contributed by atoms with Crippen molar-refractivity contribution in [2.45, 2.75) is 18.9 Å². The summed E-state index contributed by atoms with van der Waals surface area (Å²) in [5.74, 6) is 0. The predicted molar refractivity (Wildman–Crippen MR) is 56.5 cm³/mol. The Hall–Kier alpha value is -0.670. The fourth-order valence-electron chi connectivity index (χ4n) is 1.12. The molecule has 1 N–H and O–H groups in total. The summed E-state index contributed by atoms with van der Waals surface area (Å²) in [4.78, 5) is 4.01. The molecular formula is C10H12BrNO. The predicted octanol–water partition coefficient (Wildman–Crippen LogP) is 2.32. The first kappa shape index (κ1) is 10.4. The molecule has 1 heterocycles. The molecule has 1 unspecified atom stereocenters. The second-order valence-electron chi connectivity index (χ2n) is 2.89. The molecule has 0 bridgehead atoms. The Morgan fingerprint density at radius 3 is 3.00 bits per heavy atom. The third-order valence-electron chi connectivity index (χ3n) is 1.67. The molecule has 0 aliphatic rings. The van der Waals surface area contributed by atoms with Gasteiger partial charge in [0.25, 0.3) is 0 Å². The van der Waals surface area contributed by atoms with Gasteiger partial charge in [-0.1, -0.05) is 6.08 Å². The van der Waals surface area contributed by atoms with E-state index in [9.17, 15) is 5.11 Å². The summed E-state index contributed by atoms with van der Waals surface area (Å²) in [6.45, 7) is 3.57. The van der Waals surface area contributed by atoms with Crippen molar-refractivity contribution in [1.82, 2.24) is 4.98 Å². The maximum atomic E-state index is 9.48. The minimum atomic E-state index is -0.353. The third kappa shape index (κ3) is 3.70. The van der Waals surface area contributed by atoms with Gasteiger partial charge in [0.15, 0.2) is 0 Å². The smallest absolute Gasteiger partial charge is 0.0615 e. The molecule has 1 aromatic heterocycles. The number of aromatic nitrogens is 1. The molecule has 13 heavy (non-hydrogen) atoms. The summed E-state index contributed by atoms with van der Waals surface area (Å²) in [6, 6.07) is 1.96. The summed E-state index contributed by atoms with van der Waals surface area (Å²) >= 11 is 3.33. The molecule has 0 spiro atoms. The zero-order valence-electron chi connectivity index (χ0n) is 7.28. The van der Waals surface area contributed by atoms with Gasteiger partial charge in [0.1, 0.15) is 0 Å². The van der Waals surface area contributed by atoms with Crippen LogP contribution in [0.3, 0.4) is 0 Å². The van der Waals surface area contributed by atoms with Crippen LogP contribution in [0, 0.1) is 0 Å². The molecule has 1 atom stereocenters. The molecular weight excluding hydrogens is 230 g/mol. The number of pyridine rings is 1. The van der Waals surface area contributed by atoms with E-state index < -0.39 is 0 Å². The van der Waals surface area contributed by atoms with Gasteiger partial charge in [-0.15, -0.1) is 6.58 Å². The van der Waals surface area contributed by atoms with Crippen LogP contribution in [-0.2, 0) is 6.42 Å². The molecule has 0 aliphatic heterocycles. The van der Waals surface area contributed by atoms with E-state index in [-0.39, 0.29) is 6.10 Å². The van der Waals surface area contributed by atoms with E-state index in [1.807, 2.05) is 6.07 Å². The van der Waals surface area contributed by atoms with Crippen LogP contribution in [0.1, 0.15) is 12.0 Å². The summed E-state index contributed by atoms with van der Waals surface area (Å²) in [5, 5.41) is 9.48. The van der Waals surface area contributed by atoms with Crippen LogP contribution >= 0.6 is 15.9 Å². The molecule has 2 nitrogen and oxygen atoms in total. The van der Waals surface area contributed by atoms with Gasteiger partial charge < -0.3 is 5.11 Å². The van der Waals surface area contributed by atoms with Gasteiger partial charge in [0, 0.05) is 23.3 Å². The lowest BCUT2D eigenvalue weighted by Gasteiger charge is -2.07. The second kappa shape index (κ2) is 5.14. The molecule has 0 saturated carbocycles. The largest absolute Gasteiger partial charge is 0.392 e.